The molecule has 0 saturated carbocycles. The molecule has 0 aliphatic carbocycles. The average molecular weight is 374 g/mol. The van der Waals surface area contributed by atoms with Crippen LogP contribution >= 0.6 is 0 Å². The van der Waals surface area contributed by atoms with Gasteiger partial charge in [0.2, 0.25) is 5.95 Å². The van der Waals surface area contributed by atoms with Gasteiger partial charge in [0.1, 0.15) is 5.39 Å². The van der Waals surface area contributed by atoms with Crippen molar-refractivity contribution < 1.29 is 4.79 Å². The van der Waals surface area contributed by atoms with Crippen LogP contribution in [0.4, 0.5) is 5.95 Å². The number of aromatic amines is 1. The van der Waals surface area contributed by atoms with E-state index in [0.29, 0.717) is 29.1 Å². The van der Waals surface area contributed by atoms with Crippen LogP contribution in [-0.2, 0) is 6.54 Å². The molecular weight excluding hydrogens is 356 g/mol. The fourth-order valence-corrected chi connectivity index (χ4v) is 2.86. The Morgan fingerprint density at radius 1 is 1.11 bits per heavy atom. The molecule has 8 heteroatoms. The number of nitrogens with zero attached hydrogens (tertiary/aromatic N) is 3. The van der Waals surface area contributed by atoms with Gasteiger partial charge < -0.3 is 10.6 Å². The molecule has 2 heterocycles. The Morgan fingerprint density at radius 3 is 2.57 bits per heavy atom. The molecule has 0 bridgehead atoms. The van der Waals surface area contributed by atoms with Crippen LogP contribution < -0.4 is 16.2 Å². The zero-order valence-electron chi connectivity index (χ0n) is 15.1. The molecular formula is C20H18N6O2. The van der Waals surface area contributed by atoms with Crippen LogP contribution in [0, 0.1) is 0 Å². The zero-order valence-corrected chi connectivity index (χ0v) is 15.1. The summed E-state index contributed by atoms with van der Waals surface area (Å²) in [5.74, 6) is 0.218. The van der Waals surface area contributed by atoms with Gasteiger partial charge in [-0.3, -0.25) is 14.6 Å². The minimum Gasteiger partial charge on any atom is -0.355 e. The zero-order chi connectivity index (χ0) is 19.5. The van der Waals surface area contributed by atoms with Crippen LogP contribution in [-0.4, -0.2) is 32.7 Å². The summed E-state index contributed by atoms with van der Waals surface area (Å²) in [7, 11) is 1.59. The number of carbonyl (C=O) groups excluding carboxylic acids is 1. The third-order valence-corrected chi connectivity index (χ3v) is 4.34. The molecule has 0 aliphatic heterocycles. The standard InChI is InChI=1S/C20H18N6O2/c1-21-18(27)14-9-7-13(8-10-14)11-22-20-24-17-16(19(28)25-20)12-23-26(17)15-5-3-2-4-6-15/h2-10,12H,11H2,1H3,(H,21,27)(H2,22,24,25,28). The summed E-state index contributed by atoms with van der Waals surface area (Å²) in [6.07, 6.45) is 1.51. The molecule has 0 atom stereocenters. The first-order valence-corrected chi connectivity index (χ1v) is 8.74. The van der Waals surface area contributed by atoms with Gasteiger partial charge in [-0.25, -0.2) is 4.68 Å². The van der Waals surface area contributed by atoms with E-state index in [1.54, 1.807) is 23.9 Å². The van der Waals surface area contributed by atoms with E-state index in [1.165, 1.54) is 6.20 Å². The van der Waals surface area contributed by atoms with Crippen LogP contribution in [0.25, 0.3) is 16.7 Å². The molecule has 0 spiro atoms. The number of benzene rings is 2. The van der Waals surface area contributed by atoms with Crippen molar-refractivity contribution in [2.45, 2.75) is 6.54 Å². The summed E-state index contributed by atoms with van der Waals surface area (Å²) in [6.45, 7) is 0.446. The van der Waals surface area contributed by atoms with E-state index >= 15 is 0 Å². The normalized spacial score (nSPS) is 10.8. The van der Waals surface area contributed by atoms with Crippen molar-refractivity contribution in [2.24, 2.45) is 0 Å². The lowest BCUT2D eigenvalue weighted by molar-refractivity contribution is 0.0963. The van der Waals surface area contributed by atoms with E-state index < -0.39 is 0 Å². The fourth-order valence-electron chi connectivity index (χ4n) is 2.86. The topological polar surface area (TPSA) is 105 Å². The van der Waals surface area contributed by atoms with E-state index in [-0.39, 0.29) is 11.5 Å². The van der Waals surface area contributed by atoms with Gasteiger partial charge in [-0.15, -0.1) is 0 Å². The van der Waals surface area contributed by atoms with E-state index in [4.69, 9.17) is 0 Å². The SMILES string of the molecule is CNC(=O)c1ccc(CNc2nc3c(cnn3-c3ccccc3)c(=O)[nH]2)cc1. The second kappa shape index (κ2) is 7.36. The molecule has 0 unspecified atom stereocenters. The fraction of sp³-hybridized carbons (Fsp3) is 0.100. The highest BCUT2D eigenvalue weighted by atomic mass is 16.1. The molecule has 4 rings (SSSR count). The number of fused-ring (bicyclic) bond motifs is 1. The third-order valence-electron chi connectivity index (χ3n) is 4.34. The predicted octanol–water partition coefficient (Wildman–Crippen LogP) is 2.08. The van der Waals surface area contributed by atoms with Crippen molar-refractivity contribution >= 4 is 22.9 Å². The molecule has 2 aromatic heterocycles. The van der Waals surface area contributed by atoms with Crippen molar-refractivity contribution in [3.8, 4) is 5.69 Å². The van der Waals surface area contributed by atoms with Crippen molar-refractivity contribution in [3.05, 3.63) is 82.3 Å². The molecule has 1 amide bonds. The number of carbonyl (C=O) groups is 1. The van der Waals surface area contributed by atoms with Gasteiger partial charge in [0.05, 0.1) is 11.9 Å². The minimum atomic E-state index is -0.260. The largest absolute Gasteiger partial charge is 0.355 e. The Morgan fingerprint density at radius 2 is 1.86 bits per heavy atom. The summed E-state index contributed by atoms with van der Waals surface area (Å²) < 4.78 is 1.63. The Bertz CT molecular complexity index is 1180. The number of amides is 1. The maximum atomic E-state index is 12.4. The van der Waals surface area contributed by atoms with Gasteiger partial charge >= 0.3 is 0 Å². The van der Waals surface area contributed by atoms with E-state index in [2.05, 4.69) is 25.7 Å². The van der Waals surface area contributed by atoms with Crippen molar-refractivity contribution in [1.29, 1.82) is 0 Å². The average Bonchev–Trinajstić information content (AvgIpc) is 3.17. The van der Waals surface area contributed by atoms with E-state index in [9.17, 15) is 9.59 Å². The quantitative estimate of drug-likeness (QED) is 0.496. The second-order valence-electron chi connectivity index (χ2n) is 6.17. The molecule has 0 aliphatic rings. The van der Waals surface area contributed by atoms with Crippen molar-refractivity contribution in [3.63, 3.8) is 0 Å². The van der Waals surface area contributed by atoms with Crippen LogP contribution in [0.15, 0.2) is 65.6 Å². The molecule has 3 N–H and O–H groups in total. The molecule has 0 radical (unpaired) electrons. The molecule has 28 heavy (non-hydrogen) atoms. The summed E-state index contributed by atoms with van der Waals surface area (Å²) in [6, 6.07) is 16.7. The Hall–Kier alpha value is -3.94. The van der Waals surface area contributed by atoms with Gasteiger partial charge in [-0.2, -0.15) is 10.1 Å². The van der Waals surface area contributed by atoms with Gasteiger partial charge in [0.25, 0.3) is 11.5 Å². The minimum absolute atomic E-state index is 0.134. The van der Waals surface area contributed by atoms with Crippen LogP contribution in [0.2, 0.25) is 0 Å². The molecule has 2 aromatic carbocycles. The van der Waals surface area contributed by atoms with Gasteiger partial charge in [-0.05, 0) is 29.8 Å². The monoisotopic (exact) mass is 374 g/mol. The molecule has 140 valence electrons. The van der Waals surface area contributed by atoms with Crippen LogP contribution in [0.5, 0.6) is 0 Å². The highest BCUT2D eigenvalue weighted by molar-refractivity contribution is 5.93. The van der Waals surface area contributed by atoms with Gasteiger partial charge in [0, 0.05) is 19.2 Å². The lowest BCUT2D eigenvalue weighted by Crippen LogP contribution is -2.17. The number of para-hydroxylation sites is 1. The van der Waals surface area contributed by atoms with E-state index in [0.717, 1.165) is 11.3 Å². The molecule has 0 fully saturated rings. The Labute approximate surface area is 160 Å². The lowest BCUT2D eigenvalue weighted by Gasteiger charge is -2.08. The first-order valence-electron chi connectivity index (χ1n) is 8.74. The van der Waals surface area contributed by atoms with Crippen LogP contribution in [0.3, 0.4) is 0 Å². The number of nitrogens with one attached hydrogen (secondary N) is 3. The van der Waals surface area contributed by atoms with E-state index in [1.807, 2.05) is 42.5 Å². The number of aromatic nitrogens is 4. The van der Waals surface area contributed by atoms with Crippen LogP contribution in [0.1, 0.15) is 15.9 Å². The van der Waals surface area contributed by atoms with Crippen molar-refractivity contribution in [2.75, 3.05) is 12.4 Å². The summed E-state index contributed by atoms with van der Waals surface area (Å²) >= 11 is 0. The third kappa shape index (κ3) is 3.35. The highest BCUT2D eigenvalue weighted by Gasteiger charge is 2.11. The highest BCUT2D eigenvalue weighted by Crippen LogP contribution is 2.15. The number of H-pyrrole nitrogens is 1. The predicted molar refractivity (Wildman–Crippen MR) is 107 cm³/mol. The molecule has 0 saturated heterocycles. The maximum absolute atomic E-state index is 12.4. The molecule has 4 aromatic rings. The number of hydrogen-bond acceptors (Lipinski definition) is 5. The summed E-state index contributed by atoms with van der Waals surface area (Å²) in [5.41, 5.74) is 2.58. The Balaban J connectivity index is 1.59. The second-order valence-corrected chi connectivity index (χ2v) is 6.17. The maximum Gasteiger partial charge on any atom is 0.263 e. The lowest BCUT2D eigenvalue weighted by atomic mass is 10.1. The first-order chi connectivity index (χ1) is 13.7. The van der Waals surface area contributed by atoms with Gasteiger partial charge in [-0.1, -0.05) is 30.3 Å². The summed E-state index contributed by atoms with van der Waals surface area (Å²) in [4.78, 5) is 31.2. The number of rotatable bonds is 5. The van der Waals surface area contributed by atoms with Gasteiger partial charge in [0.15, 0.2) is 5.65 Å². The number of anilines is 1. The summed E-state index contributed by atoms with van der Waals surface area (Å²) in [5, 5.41) is 10.4. The Kier molecular flexibility index (Phi) is 4.59. The van der Waals surface area contributed by atoms with Crippen molar-refractivity contribution in [1.82, 2.24) is 25.1 Å². The smallest absolute Gasteiger partial charge is 0.263 e. The number of hydrogen-bond donors (Lipinski definition) is 3. The first kappa shape index (κ1) is 17.5. The molecule has 8 nitrogen and oxygen atoms in total.